The van der Waals surface area contributed by atoms with Gasteiger partial charge in [0.05, 0.1) is 12.5 Å². The predicted octanol–water partition coefficient (Wildman–Crippen LogP) is 3.52. The first-order chi connectivity index (χ1) is 9.63. The summed E-state index contributed by atoms with van der Waals surface area (Å²) in [6.45, 7) is 8.99. The number of rotatable bonds is 7. The van der Waals surface area contributed by atoms with Crippen molar-refractivity contribution in [3.8, 4) is 0 Å². The molecule has 0 radical (unpaired) electrons. The summed E-state index contributed by atoms with van der Waals surface area (Å²) in [4.78, 5) is 2.46. The Kier molecular flexibility index (Phi) is 5.67. The molecule has 20 heavy (non-hydrogen) atoms. The first-order valence-electron chi connectivity index (χ1n) is 8.04. The molecule has 3 nitrogen and oxygen atoms in total. The maximum absolute atomic E-state index is 5.17. The van der Waals surface area contributed by atoms with E-state index >= 15 is 0 Å². The molecule has 0 aromatic carbocycles. The van der Waals surface area contributed by atoms with Gasteiger partial charge in [-0.1, -0.05) is 26.7 Å². The molecule has 1 aromatic rings. The second-order valence-electron chi connectivity index (χ2n) is 6.77. The molecule has 1 aliphatic carbocycles. The molecular weight excluding hydrogens is 248 g/mol. The Labute approximate surface area is 123 Å². The second-order valence-corrected chi connectivity index (χ2v) is 6.77. The Bertz CT molecular complexity index is 361. The molecule has 1 saturated carbocycles. The van der Waals surface area contributed by atoms with Crippen LogP contribution in [0.15, 0.2) is 23.0 Å². The molecule has 0 amide bonds. The van der Waals surface area contributed by atoms with Gasteiger partial charge in [0.2, 0.25) is 0 Å². The molecule has 0 spiro atoms. The predicted molar refractivity (Wildman–Crippen MR) is 83.7 cm³/mol. The molecule has 0 saturated heterocycles. The van der Waals surface area contributed by atoms with Gasteiger partial charge in [-0.3, -0.25) is 0 Å². The van der Waals surface area contributed by atoms with Gasteiger partial charge < -0.3 is 14.6 Å². The van der Waals surface area contributed by atoms with Crippen molar-refractivity contribution in [1.82, 2.24) is 10.2 Å². The van der Waals surface area contributed by atoms with Crippen LogP contribution in [-0.4, -0.2) is 31.6 Å². The van der Waals surface area contributed by atoms with E-state index in [-0.39, 0.29) is 0 Å². The van der Waals surface area contributed by atoms with Crippen LogP contribution in [0, 0.1) is 11.3 Å². The minimum atomic E-state index is 0.459. The lowest BCUT2D eigenvalue weighted by Gasteiger charge is -2.42. The van der Waals surface area contributed by atoms with Crippen LogP contribution < -0.4 is 5.32 Å². The van der Waals surface area contributed by atoms with Gasteiger partial charge in [0.25, 0.3) is 0 Å². The van der Waals surface area contributed by atoms with Gasteiger partial charge >= 0.3 is 0 Å². The van der Waals surface area contributed by atoms with Gasteiger partial charge in [-0.05, 0) is 43.8 Å². The molecule has 0 bridgehead atoms. The van der Waals surface area contributed by atoms with E-state index in [4.69, 9.17) is 4.42 Å². The van der Waals surface area contributed by atoms with Crippen molar-refractivity contribution < 1.29 is 4.42 Å². The van der Waals surface area contributed by atoms with Crippen LogP contribution in [0.4, 0.5) is 0 Å². The quantitative estimate of drug-likeness (QED) is 0.827. The highest BCUT2D eigenvalue weighted by atomic mass is 16.3. The van der Waals surface area contributed by atoms with Gasteiger partial charge in [0, 0.05) is 25.2 Å². The Balaban J connectivity index is 1.92. The van der Waals surface area contributed by atoms with Crippen LogP contribution in [-0.2, 0) is 6.54 Å². The minimum Gasteiger partial charge on any atom is -0.472 e. The van der Waals surface area contributed by atoms with Gasteiger partial charge in [-0.2, -0.15) is 0 Å². The summed E-state index contributed by atoms with van der Waals surface area (Å²) in [7, 11) is 2.23. The summed E-state index contributed by atoms with van der Waals surface area (Å²) in [6.07, 6.45) is 9.10. The number of hydrogen-bond donors (Lipinski definition) is 1. The van der Waals surface area contributed by atoms with Gasteiger partial charge in [-0.25, -0.2) is 0 Å². The molecule has 114 valence electrons. The highest BCUT2D eigenvalue weighted by Gasteiger charge is 2.34. The fraction of sp³-hybridized carbons (Fsp3) is 0.765. The van der Waals surface area contributed by atoms with Crippen LogP contribution in [0.5, 0.6) is 0 Å². The van der Waals surface area contributed by atoms with Crippen molar-refractivity contribution in [2.24, 2.45) is 11.3 Å². The maximum Gasteiger partial charge on any atom is 0.0947 e. The summed E-state index contributed by atoms with van der Waals surface area (Å²) in [5.74, 6) is 0.906. The first kappa shape index (κ1) is 15.6. The lowest BCUT2D eigenvalue weighted by atomic mass is 9.70. The van der Waals surface area contributed by atoms with Crippen LogP contribution >= 0.6 is 0 Å². The summed E-state index contributed by atoms with van der Waals surface area (Å²) < 4.78 is 5.17. The Morgan fingerprint density at radius 1 is 1.40 bits per heavy atom. The molecular formula is C17H30N2O. The van der Waals surface area contributed by atoms with Crippen LogP contribution in [0.25, 0.3) is 0 Å². The largest absolute Gasteiger partial charge is 0.472 e. The second kappa shape index (κ2) is 7.28. The normalized spacial score (nSPS) is 27.1. The average Bonchev–Trinajstić information content (AvgIpc) is 2.92. The molecule has 1 aliphatic rings. The number of furan rings is 1. The van der Waals surface area contributed by atoms with Gasteiger partial charge in [-0.15, -0.1) is 0 Å². The Hall–Kier alpha value is -0.800. The molecule has 1 aromatic heterocycles. The van der Waals surface area contributed by atoms with E-state index in [0.717, 1.165) is 25.6 Å². The average molecular weight is 278 g/mol. The minimum absolute atomic E-state index is 0.459. The van der Waals surface area contributed by atoms with Crippen molar-refractivity contribution in [3.05, 3.63) is 24.2 Å². The molecule has 1 heterocycles. The molecule has 2 rings (SSSR count). The van der Waals surface area contributed by atoms with E-state index in [0.29, 0.717) is 5.41 Å². The number of nitrogens with one attached hydrogen (secondary N) is 1. The SMILES string of the molecule is CCNCC1(CN(C)Cc2ccoc2)CCC(C)CC1. The highest BCUT2D eigenvalue weighted by molar-refractivity contribution is 5.05. The third kappa shape index (κ3) is 4.35. The van der Waals surface area contributed by atoms with E-state index in [2.05, 4.69) is 37.2 Å². The van der Waals surface area contributed by atoms with Crippen LogP contribution in [0.1, 0.15) is 45.1 Å². The molecule has 0 unspecified atom stereocenters. The zero-order valence-electron chi connectivity index (χ0n) is 13.3. The van der Waals surface area contributed by atoms with Gasteiger partial charge in [0.15, 0.2) is 0 Å². The zero-order chi connectivity index (χ0) is 14.4. The number of nitrogens with zero attached hydrogens (tertiary/aromatic N) is 1. The van der Waals surface area contributed by atoms with Crippen molar-refractivity contribution in [3.63, 3.8) is 0 Å². The maximum atomic E-state index is 5.17. The highest BCUT2D eigenvalue weighted by Crippen LogP contribution is 2.39. The Morgan fingerprint density at radius 2 is 2.15 bits per heavy atom. The fourth-order valence-electron chi connectivity index (χ4n) is 3.48. The third-order valence-corrected chi connectivity index (χ3v) is 4.72. The van der Waals surface area contributed by atoms with Crippen molar-refractivity contribution in [2.45, 2.75) is 46.1 Å². The van der Waals surface area contributed by atoms with E-state index in [1.807, 2.05) is 6.26 Å². The van der Waals surface area contributed by atoms with E-state index in [1.54, 1.807) is 6.26 Å². The molecule has 1 fully saturated rings. The van der Waals surface area contributed by atoms with E-state index < -0.39 is 0 Å². The standard InChI is InChI=1S/C17H30N2O/c1-4-18-13-17(8-5-15(2)6-9-17)14-19(3)11-16-7-10-20-12-16/h7,10,12,15,18H,4-6,8-9,11,13-14H2,1-3H3. The van der Waals surface area contributed by atoms with Crippen LogP contribution in [0.3, 0.4) is 0 Å². The summed E-state index contributed by atoms with van der Waals surface area (Å²) >= 11 is 0. The fourth-order valence-corrected chi connectivity index (χ4v) is 3.48. The first-order valence-corrected chi connectivity index (χ1v) is 8.04. The van der Waals surface area contributed by atoms with Gasteiger partial charge in [0.1, 0.15) is 0 Å². The van der Waals surface area contributed by atoms with Crippen molar-refractivity contribution in [2.75, 3.05) is 26.7 Å². The van der Waals surface area contributed by atoms with Crippen LogP contribution in [0.2, 0.25) is 0 Å². The smallest absolute Gasteiger partial charge is 0.0947 e. The summed E-state index contributed by atoms with van der Waals surface area (Å²) in [5.41, 5.74) is 1.73. The Morgan fingerprint density at radius 3 is 2.75 bits per heavy atom. The molecule has 3 heteroatoms. The number of hydrogen-bond acceptors (Lipinski definition) is 3. The zero-order valence-corrected chi connectivity index (χ0v) is 13.3. The van der Waals surface area contributed by atoms with E-state index in [9.17, 15) is 0 Å². The lowest BCUT2D eigenvalue weighted by Crippen LogP contribution is -2.45. The van der Waals surface area contributed by atoms with Crippen molar-refractivity contribution >= 4 is 0 Å². The third-order valence-electron chi connectivity index (χ3n) is 4.72. The molecule has 1 N–H and O–H groups in total. The summed E-state index contributed by atoms with van der Waals surface area (Å²) in [5, 5.41) is 3.59. The van der Waals surface area contributed by atoms with E-state index in [1.165, 1.54) is 37.8 Å². The molecule has 0 atom stereocenters. The molecule has 0 aliphatic heterocycles. The lowest BCUT2D eigenvalue weighted by molar-refractivity contribution is 0.0963. The summed E-state index contributed by atoms with van der Waals surface area (Å²) in [6, 6.07) is 2.07. The topological polar surface area (TPSA) is 28.4 Å². The monoisotopic (exact) mass is 278 g/mol. The van der Waals surface area contributed by atoms with Crippen molar-refractivity contribution in [1.29, 1.82) is 0 Å².